The Morgan fingerprint density at radius 3 is 2.58 bits per heavy atom. The van der Waals surface area contributed by atoms with E-state index in [2.05, 4.69) is 15.9 Å². The summed E-state index contributed by atoms with van der Waals surface area (Å²) in [6.07, 6.45) is 0. The van der Waals surface area contributed by atoms with Crippen molar-refractivity contribution in [3.63, 3.8) is 0 Å². The van der Waals surface area contributed by atoms with Crippen molar-refractivity contribution in [3.05, 3.63) is 56.5 Å². The molecule has 0 saturated heterocycles. The first kappa shape index (κ1) is 14.5. The summed E-state index contributed by atoms with van der Waals surface area (Å²) >= 11 is 15.6. The van der Waals surface area contributed by atoms with Gasteiger partial charge in [-0.15, -0.1) is 0 Å². The second-order valence-electron chi connectivity index (χ2n) is 4.29. The van der Waals surface area contributed by atoms with Crippen LogP contribution in [0.2, 0.25) is 10.0 Å². The third-order valence-corrected chi connectivity index (χ3v) is 3.91. The van der Waals surface area contributed by atoms with E-state index in [0.29, 0.717) is 16.6 Å². The molecule has 0 heterocycles. The summed E-state index contributed by atoms with van der Waals surface area (Å²) in [7, 11) is 1.97. The molecule has 0 saturated carbocycles. The largest absolute Gasteiger partial charge is 0.397 e. The second-order valence-corrected chi connectivity index (χ2v) is 6.05. The van der Waals surface area contributed by atoms with E-state index in [4.69, 9.17) is 28.9 Å². The van der Waals surface area contributed by atoms with Crippen molar-refractivity contribution in [1.29, 1.82) is 0 Å². The number of hydrogen-bond donors (Lipinski definition) is 1. The molecule has 100 valence electrons. The van der Waals surface area contributed by atoms with Crippen LogP contribution in [0.4, 0.5) is 11.4 Å². The van der Waals surface area contributed by atoms with Gasteiger partial charge in [0.15, 0.2) is 0 Å². The van der Waals surface area contributed by atoms with Gasteiger partial charge in [-0.05, 0) is 42.0 Å². The quantitative estimate of drug-likeness (QED) is 0.783. The Labute approximate surface area is 131 Å². The average Bonchev–Trinajstić information content (AvgIpc) is 2.33. The van der Waals surface area contributed by atoms with Crippen molar-refractivity contribution in [2.75, 3.05) is 17.7 Å². The topological polar surface area (TPSA) is 29.3 Å². The Morgan fingerprint density at radius 1 is 1.16 bits per heavy atom. The van der Waals surface area contributed by atoms with Gasteiger partial charge in [-0.2, -0.15) is 0 Å². The van der Waals surface area contributed by atoms with Gasteiger partial charge in [-0.3, -0.25) is 0 Å². The van der Waals surface area contributed by atoms with Crippen LogP contribution >= 0.6 is 39.1 Å². The molecule has 5 heteroatoms. The molecule has 0 radical (unpaired) electrons. The smallest absolute Gasteiger partial charge is 0.0601 e. The molecule has 0 amide bonds. The number of nitrogens with two attached hydrogens (primary N) is 1. The summed E-state index contributed by atoms with van der Waals surface area (Å²) in [5.74, 6) is 0. The predicted octanol–water partition coefficient (Wildman–Crippen LogP) is 4.97. The molecule has 2 aromatic carbocycles. The molecule has 2 rings (SSSR count). The number of hydrogen-bond acceptors (Lipinski definition) is 2. The molecular weight excluding hydrogens is 347 g/mol. The third kappa shape index (κ3) is 3.56. The van der Waals surface area contributed by atoms with Gasteiger partial charge < -0.3 is 10.6 Å². The second kappa shape index (κ2) is 6.04. The van der Waals surface area contributed by atoms with Crippen LogP contribution in [-0.4, -0.2) is 7.05 Å². The zero-order chi connectivity index (χ0) is 14.0. The van der Waals surface area contributed by atoms with E-state index >= 15 is 0 Å². The lowest BCUT2D eigenvalue weighted by atomic mass is 10.2. The van der Waals surface area contributed by atoms with Crippen LogP contribution in [0.1, 0.15) is 5.56 Å². The maximum Gasteiger partial charge on any atom is 0.0601 e. The van der Waals surface area contributed by atoms with Crippen molar-refractivity contribution >= 4 is 50.5 Å². The Bertz CT molecular complexity index is 602. The molecule has 0 bridgehead atoms. The molecular formula is C14H13BrCl2N2. The lowest BCUT2D eigenvalue weighted by Crippen LogP contribution is -2.18. The minimum absolute atomic E-state index is 0.644. The molecule has 2 nitrogen and oxygen atoms in total. The lowest BCUT2D eigenvalue weighted by molar-refractivity contribution is 0.925. The predicted molar refractivity (Wildman–Crippen MR) is 87.1 cm³/mol. The fourth-order valence-corrected chi connectivity index (χ4v) is 2.63. The normalized spacial score (nSPS) is 10.5. The average molecular weight is 360 g/mol. The Balaban J connectivity index is 2.25. The first-order valence-electron chi connectivity index (χ1n) is 5.67. The van der Waals surface area contributed by atoms with Crippen LogP contribution in [0.15, 0.2) is 40.9 Å². The number of nitrogens with zero attached hydrogens (tertiary/aromatic N) is 1. The molecule has 19 heavy (non-hydrogen) atoms. The molecule has 0 fully saturated rings. The molecule has 2 N–H and O–H groups in total. The van der Waals surface area contributed by atoms with E-state index in [0.717, 1.165) is 21.4 Å². The van der Waals surface area contributed by atoms with Crippen LogP contribution in [0, 0.1) is 0 Å². The molecule has 0 atom stereocenters. The van der Waals surface area contributed by atoms with Crippen LogP contribution < -0.4 is 10.6 Å². The fourth-order valence-electron chi connectivity index (χ4n) is 1.88. The summed E-state index contributed by atoms with van der Waals surface area (Å²) in [5.41, 5.74) is 8.66. The summed E-state index contributed by atoms with van der Waals surface area (Å²) in [5, 5.41) is 1.38. The Kier molecular flexibility index (Phi) is 4.61. The van der Waals surface area contributed by atoms with Gasteiger partial charge in [0.25, 0.3) is 0 Å². The number of nitrogen functional groups attached to an aromatic ring is 1. The molecule has 0 unspecified atom stereocenters. The zero-order valence-electron chi connectivity index (χ0n) is 10.3. The van der Waals surface area contributed by atoms with Crippen LogP contribution in [0.3, 0.4) is 0 Å². The molecule has 0 aromatic heterocycles. The van der Waals surface area contributed by atoms with E-state index in [1.54, 1.807) is 12.1 Å². The highest BCUT2D eigenvalue weighted by atomic mass is 79.9. The van der Waals surface area contributed by atoms with Crippen molar-refractivity contribution in [3.8, 4) is 0 Å². The van der Waals surface area contributed by atoms with Gasteiger partial charge >= 0.3 is 0 Å². The van der Waals surface area contributed by atoms with Gasteiger partial charge in [-0.1, -0.05) is 39.1 Å². The Hall–Kier alpha value is -0.900. The van der Waals surface area contributed by atoms with Crippen molar-refractivity contribution in [1.82, 2.24) is 0 Å². The van der Waals surface area contributed by atoms with Gasteiger partial charge in [0.1, 0.15) is 0 Å². The zero-order valence-corrected chi connectivity index (χ0v) is 13.4. The highest BCUT2D eigenvalue weighted by molar-refractivity contribution is 9.10. The van der Waals surface area contributed by atoms with Crippen LogP contribution in [0.25, 0.3) is 0 Å². The van der Waals surface area contributed by atoms with E-state index in [1.165, 1.54) is 0 Å². The fraction of sp³-hybridized carbons (Fsp3) is 0.143. The van der Waals surface area contributed by atoms with Crippen LogP contribution in [-0.2, 0) is 6.54 Å². The van der Waals surface area contributed by atoms with E-state index in [1.807, 2.05) is 36.2 Å². The number of rotatable bonds is 3. The minimum atomic E-state index is 0.644. The van der Waals surface area contributed by atoms with Gasteiger partial charge in [-0.25, -0.2) is 0 Å². The minimum Gasteiger partial charge on any atom is -0.397 e. The maximum atomic E-state index is 6.17. The van der Waals surface area contributed by atoms with Gasteiger partial charge in [0, 0.05) is 28.1 Å². The lowest BCUT2D eigenvalue weighted by Gasteiger charge is -2.22. The summed E-state index contributed by atoms with van der Waals surface area (Å²) in [6.45, 7) is 0.644. The number of anilines is 2. The SMILES string of the molecule is CN(Cc1cc(Cl)ccc1Cl)c1ccc(Br)cc1N. The summed E-state index contributed by atoms with van der Waals surface area (Å²) in [6, 6.07) is 11.3. The molecule has 0 spiro atoms. The van der Waals surface area contributed by atoms with E-state index < -0.39 is 0 Å². The summed E-state index contributed by atoms with van der Waals surface area (Å²) < 4.78 is 0.961. The maximum absolute atomic E-state index is 6.17. The van der Waals surface area contributed by atoms with E-state index in [9.17, 15) is 0 Å². The highest BCUT2D eigenvalue weighted by Gasteiger charge is 2.09. The van der Waals surface area contributed by atoms with Crippen molar-refractivity contribution < 1.29 is 0 Å². The number of halogens is 3. The van der Waals surface area contributed by atoms with Crippen LogP contribution in [0.5, 0.6) is 0 Å². The molecule has 0 aliphatic rings. The number of benzene rings is 2. The molecule has 0 aliphatic carbocycles. The van der Waals surface area contributed by atoms with Crippen molar-refractivity contribution in [2.45, 2.75) is 6.54 Å². The Morgan fingerprint density at radius 2 is 1.89 bits per heavy atom. The highest BCUT2D eigenvalue weighted by Crippen LogP contribution is 2.29. The third-order valence-electron chi connectivity index (χ3n) is 2.82. The van der Waals surface area contributed by atoms with Crippen molar-refractivity contribution in [2.24, 2.45) is 0 Å². The van der Waals surface area contributed by atoms with E-state index in [-0.39, 0.29) is 0 Å². The first-order chi connectivity index (χ1) is 8.97. The molecule has 0 aliphatic heterocycles. The van der Waals surface area contributed by atoms with Gasteiger partial charge in [0.05, 0.1) is 11.4 Å². The molecule has 2 aromatic rings. The monoisotopic (exact) mass is 358 g/mol. The summed E-state index contributed by atoms with van der Waals surface area (Å²) in [4.78, 5) is 2.04. The van der Waals surface area contributed by atoms with Gasteiger partial charge in [0.2, 0.25) is 0 Å². The standard InChI is InChI=1S/C14H13BrCl2N2/c1-19(14-5-2-10(15)7-13(14)18)8-9-6-11(16)3-4-12(9)17/h2-7H,8,18H2,1H3. The first-order valence-corrected chi connectivity index (χ1v) is 7.22.